The molecule has 2 aromatic rings. The molecule has 6 heteroatoms. The number of nitrogens with zero attached hydrogens (tertiary/aromatic N) is 1. The van der Waals surface area contributed by atoms with E-state index in [0.29, 0.717) is 0 Å². The second kappa shape index (κ2) is 5.70. The lowest BCUT2D eigenvalue weighted by atomic mass is 9.86. The zero-order chi connectivity index (χ0) is 17.7. The van der Waals surface area contributed by atoms with Gasteiger partial charge in [-0.3, -0.25) is 4.79 Å². The summed E-state index contributed by atoms with van der Waals surface area (Å²) in [5.41, 5.74) is 1.38. The van der Waals surface area contributed by atoms with Crippen molar-refractivity contribution >= 4 is 37.4 Å². The van der Waals surface area contributed by atoms with E-state index in [-0.39, 0.29) is 16.6 Å². The third-order valence-electron chi connectivity index (χ3n) is 4.55. The van der Waals surface area contributed by atoms with Gasteiger partial charge >= 0.3 is 0 Å². The standard InChI is InChI=1S/C18H18BrNO3S/c1-12-4-7-14(8-5-12)24(22,23)11-18(2)15-10-13(19)6-9-16(15)20(3)17(18)21/h4-10H,11H2,1-3H3. The Hall–Kier alpha value is -1.66. The Morgan fingerprint density at radius 3 is 2.38 bits per heavy atom. The first-order chi connectivity index (χ1) is 11.1. The highest BCUT2D eigenvalue weighted by molar-refractivity contribution is 9.10. The molecule has 126 valence electrons. The molecular formula is C18H18BrNO3S. The van der Waals surface area contributed by atoms with Gasteiger partial charge in [0.25, 0.3) is 0 Å². The van der Waals surface area contributed by atoms with Gasteiger partial charge < -0.3 is 4.90 Å². The molecular weight excluding hydrogens is 390 g/mol. The maximum absolute atomic E-state index is 12.9. The van der Waals surface area contributed by atoms with Crippen LogP contribution in [0.25, 0.3) is 0 Å². The van der Waals surface area contributed by atoms with Gasteiger partial charge in [0.15, 0.2) is 9.84 Å². The number of likely N-dealkylation sites (N-methyl/N-ethyl adjacent to an activating group) is 1. The van der Waals surface area contributed by atoms with E-state index >= 15 is 0 Å². The highest BCUT2D eigenvalue weighted by Gasteiger charge is 2.49. The molecule has 1 aliphatic rings. The molecule has 3 rings (SSSR count). The summed E-state index contributed by atoms with van der Waals surface area (Å²) in [7, 11) is -1.91. The molecule has 1 amide bonds. The minimum atomic E-state index is -3.59. The van der Waals surface area contributed by atoms with Gasteiger partial charge in [-0.05, 0) is 49.7 Å². The maximum atomic E-state index is 12.9. The summed E-state index contributed by atoms with van der Waals surface area (Å²) in [5.74, 6) is -0.457. The molecule has 0 N–H and O–H groups in total. The summed E-state index contributed by atoms with van der Waals surface area (Å²) in [6, 6.07) is 12.2. The molecule has 0 fully saturated rings. The zero-order valence-corrected chi connectivity index (χ0v) is 16.1. The summed E-state index contributed by atoms with van der Waals surface area (Å²) < 4.78 is 26.6. The lowest BCUT2D eigenvalue weighted by Gasteiger charge is -2.23. The smallest absolute Gasteiger partial charge is 0.238 e. The van der Waals surface area contributed by atoms with E-state index in [9.17, 15) is 13.2 Å². The molecule has 24 heavy (non-hydrogen) atoms. The van der Waals surface area contributed by atoms with Crippen LogP contribution in [0.3, 0.4) is 0 Å². The van der Waals surface area contributed by atoms with Crippen LogP contribution in [0.2, 0.25) is 0 Å². The predicted molar refractivity (Wildman–Crippen MR) is 98.1 cm³/mol. The number of carbonyl (C=O) groups excluding carboxylic acids is 1. The number of halogens is 1. The molecule has 0 aliphatic carbocycles. The quantitative estimate of drug-likeness (QED) is 0.782. The van der Waals surface area contributed by atoms with Crippen LogP contribution in [0, 0.1) is 6.92 Å². The first kappa shape index (κ1) is 17.2. The van der Waals surface area contributed by atoms with Crippen molar-refractivity contribution in [2.75, 3.05) is 17.7 Å². The fourth-order valence-corrected chi connectivity index (χ4v) is 5.30. The van der Waals surface area contributed by atoms with Crippen molar-refractivity contribution in [1.29, 1.82) is 0 Å². The molecule has 0 saturated carbocycles. The maximum Gasteiger partial charge on any atom is 0.238 e. The van der Waals surface area contributed by atoms with Crippen LogP contribution >= 0.6 is 15.9 Å². The first-order valence-corrected chi connectivity index (χ1v) is 9.97. The SMILES string of the molecule is Cc1ccc(S(=O)(=O)CC2(C)C(=O)N(C)c3ccc(Br)cc32)cc1. The monoisotopic (exact) mass is 407 g/mol. The Morgan fingerprint density at radius 1 is 1.12 bits per heavy atom. The Kier molecular flexibility index (Phi) is 4.08. The highest BCUT2D eigenvalue weighted by Crippen LogP contribution is 2.43. The average molecular weight is 408 g/mol. The van der Waals surface area contributed by atoms with Crippen LogP contribution in [-0.2, 0) is 20.0 Å². The van der Waals surface area contributed by atoms with Gasteiger partial charge in [-0.15, -0.1) is 0 Å². The van der Waals surface area contributed by atoms with Crippen molar-refractivity contribution in [1.82, 2.24) is 0 Å². The van der Waals surface area contributed by atoms with E-state index in [2.05, 4.69) is 15.9 Å². The minimum absolute atomic E-state index is 0.203. The van der Waals surface area contributed by atoms with Crippen LogP contribution in [0.4, 0.5) is 5.69 Å². The lowest BCUT2D eigenvalue weighted by molar-refractivity contribution is -0.121. The van der Waals surface area contributed by atoms with Crippen molar-refractivity contribution in [3.63, 3.8) is 0 Å². The number of anilines is 1. The molecule has 0 bridgehead atoms. The van der Waals surface area contributed by atoms with Crippen LogP contribution in [0.5, 0.6) is 0 Å². The third-order valence-corrected chi connectivity index (χ3v) is 6.99. The topological polar surface area (TPSA) is 54.5 Å². The highest BCUT2D eigenvalue weighted by atomic mass is 79.9. The van der Waals surface area contributed by atoms with Crippen molar-refractivity contribution in [2.24, 2.45) is 0 Å². The number of rotatable bonds is 3. The van der Waals surface area contributed by atoms with Gasteiger partial charge in [-0.25, -0.2) is 8.42 Å². The fraction of sp³-hybridized carbons (Fsp3) is 0.278. The number of hydrogen-bond donors (Lipinski definition) is 0. The molecule has 4 nitrogen and oxygen atoms in total. The summed E-state index contributed by atoms with van der Waals surface area (Å²) in [6.45, 7) is 3.61. The van der Waals surface area contributed by atoms with E-state index in [1.807, 2.05) is 25.1 Å². The largest absolute Gasteiger partial charge is 0.314 e. The van der Waals surface area contributed by atoms with E-state index in [1.54, 1.807) is 38.2 Å². The van der Waals surface area contributed by atoms with E-state index in [4.69, 9.17) is 0 Å². The molecule has 1 heterocycles. The minimum Gasteiger partial charge on any atom is -0.314 e. The number of benzene rings is 2. The molecule has 2 aromatic carbocycles. The van der Waals surface area contributed by atoms with Crippen LogP contribution in [0.1, 0.15) is 18.1 Å². The van der Waals surface area contributed by atoms with Crippen molar-refractivity contribution in [3.05, 3.63) is 58.1 Å². The van der Waals surface area contributed by atoms with Gasteiger partial charge in [0.2, 0.25) is 5.91 Å². The number of aryl methyl sites for hydroxylation is 1. The first-order valence-electron chi connectivity index (χ1n) is 7.53. The Morgan fingerprint density at radius 2 is 1.75 bits per heavy atom. The summed E-state index contributed by atoms with van der Waals surface area (Å²) in [4.78, 5) is 14.6. The molecule has 0 spiro atoms. The van der Waals surface area contributed by atoms with Crippen LogP contribution < -0.4 is 4.90 Å². The molecule has 0 aromatic heterocycles. The lowest BCUT2D eigenvalue weighted by Crippen LogP contribution is -2.41. The molecule has 1 atom stereocenters. The second-order valence-electron chi connectivity index (χ2n) is 6.43. The summed E-state index contributed by atoms with van der Waals surface area (Å²) in [5, 5.41) is 0. The number of hydrogen-bond acceptors (Lipinski definition) is 3. The number of sulfone groups is 1. The molecule has 1 aliphatic heterocycles. The zero-order valence-electron chi connectivity index (χ0n) is 13.7. The van der Waals surface area contributed by atoms with Gasteiger partial charge in [-0.1, -0.05) is 33.6 Å². The van der Waals surface area contributed by atoms with Crippen LogP contribution in [0.15, 0.2) is 51.8 Å². The molecule has 0 saturated heterocycles. The van der Waals surface area contributed by atoms with Crippen molar-refractivity contribution in [3.8, 4) is 0 Å². The second-order valence-corrected chi connectivity index (χ2v) is 9.34. The molecule has 1 unspecified atom stereocenters. The van der Waals surface area contributed by atoms with E-state index < -0.39 is 15.3 Å². The molecule has 0 radical (unpaired) electrons. The summed E-state index contributed by atoms with van der Waals surface area (Å²) >= 11 is 3.41. The number of carbonyl (C=O) groups is 1. The van der Waals surface area contributed by atoms with Crippen molar-refractivity contribution < 1.29 is 13.2 Å². The third kappa shape index (κ3) is 2.67. The normalized spacial score (nSPS) is 20.3. The Bertz CT molecular complexity index is 922. The predicted octanol–water partition coefficient (Wildman–Crippen LogP) is 3.47. The number of amides is 1. The summed E-state index contributed by atoms with van der Waals surface area (Å²) in [6.07, 6.45) is 0. The Balaban J connectivity index is 2.07. The van der Waals surface area contributed by atoms with E-state index in [0.717, 1.165) is 21.3 Å². The van der Waals surface area contributed by atoms with Gasteiger partial charge in [0.05, 0.1) is 16.1 Å². The van der Waals surface area contributed by atoms with Gasteiger partial charge in [0, 0.05) is 17.2 Å². The van der Waals surface area contributed by atoms with E-state index in [1.165, 1.54) is 4.90 Å². The fourth-order valence-electron chi connectivity index (χ4n) is 3.19. The Labute approximate surface area is 150 Å². The van der Waals surface area contributed by atoms with Gasteiger partial charge in [-0.2, -0.15) is 0 Å². The van der Waals surface area contributed by atoms with Crippen LogP contribution in [-0.4, -0.2) is 27.1 Å². The van der Waals surface area contributed by atoms with Gasteiger partial charge in [0.1, 0.15) is 0 Å². The average Bonchev–Trinajstić information content (AvgIpc) is 2.69. The van der Waals surface area contributed by atoms with Crippen molar-refractivity contribution in [2.45, 2.75) is 24.2 Å². The number of fused-ring (bicyclic) bond motifs is 1.